The number of non-ortho nitro benzene ring substituents is 1. The van der Waals surface area contributed by atoms with Crippen molar-refractivity contribution in [1.82, 2.24) is 15.5 Å². The van der Waals surface area contributed by atoms with Gasteiger partial charge in [-0.1, -0.05) is 40.5 Å². The van der Waals surface area contributed by atoms with Gasteiger partial charge < -0.3 is 9.84 Å². The second-order valence-electron chi connectivity index (χ2n) is 5.49. The Morgan fingerprint density at radius 2 is 2.12 bits per heavy atom. The number of halogens is 1. The quantitative estimate of drug-likeness (QED) is 0.541. The molecule has 0 saturated heterocycles. The molecule has 26 heavy (non-hydrogen) atoms. The fourth-order valence-corrected chi connectivity index (χ4v) is 2.54. The van der Waals surface area contributed by atoms with Crippen LogP contribution in [-0.2, 0) is 6.54 Å². The second kappa shape index (κ2) is 7.32. The van der Waals surface area contributed by atoms with Gasteiger partial charge in [0.05, 0.1) is 22.1 Å². The molecule has 8 nitrogen and oxygen atoms in total. The number of carbonyl (C=O) groups is 1. The van der Waals surface area contributed by atoms with Crippen molar-refractivity contribution in [3.63, 3.8) is 0 Å². The van der Waals surface area contributed by atoms with Crippen molar-refractivity contribution in [2.45, 2.75) is 13.5 Å². The summed E-state index contributed by atoms with van der Waals surface area (Å²) in [6, 6.07) is 11.3. The highest BCUT2D eigenvalue weighted by atomic mass is 35.5. The standard InChI is InChI=1S/C17H13ClN4O4/c1-10-3-2-4-11(7-10)16-20-15(26-21-16)9-19-17(23)13-6-5-12(22(24)25)8-14(13)18/h2-8H,9H2,1H3,(H,19,23). The van der Waals surface area contributed by atoms with E-state index in [0.29, 0.717) is 5.82 Å². The monoisotopic (exact) mass is 372 g/mol. The van der Waals surface area contributed by atoms with Crippen LogP contribution in [0.2, 0.25) is 5.02 Å². The maximum Gasteiger partial charge on any atom is 0.270 e. The summed E-state index contributed by atoms with van der Waals surface area (Å²) in [6.45, 7) is 1.96. The third-order valence-corrected chi connectivity index (χ3v) is 3.87. The van der Waals surface area contributed by atoms with Gasteiger partial charge >= 0.3 is 0 Å². The van der Waals surface area contributed by atoms with E-state index >= 15 is 0 Å². The predicted molar refractivity (Wildman–Crippen MR) is 93.7 cm³/mol. The summed E-state index contributed by atoms with van der Waals surface area (Å²) in [4.78, 5) is 26.5. The van der Waals surface area contributed by atoms with Crippen LogP contribution in [0.1, 0.15) is 21.8 Å². The van der Waals surface area contributed by atoms with Crippen LogP contribution in [0.15, 0.2) is 47.0 Å². The average molecular weight is 373 g/mol. The molecule has 3 aromatic rings. The lowest BCUT2D eigenvalue weighted by Crippen LogP contribution is -2.23. The summed E-state index contributed by atoms with van der Waals surface area (Å²) in [5, 5.41) is 17.2. The molecular formula is C17H13ClN4O4. The number of hydrogen-bond acceptors (Lipinski definition) is 6. The molecular weight excluding hydrogens is 360 g/mol. The highest BCUT2D eigenvalue weighted by molar-refractivity contribution is 6.34. The number of benzene rings is 2. The van der Waals surface area contributed by atoms with Gasteiger partial charge in [0.1, 0.15) is 0 Å². The molecule has 0 aliphatic carbocycles. The summed E-state index contributed by atoms with van der Waals surface area (Å²) in [5.74, 6) is 0.152. The van der Waals surface area contributed by atoms with Crippen molar-refractivity contribution in [3.8, 4) is 11.4 Å². The first-order valence-electron chi connectivity index (χ1n) is 7.56. The normalized spacial score (nSPS) is 10.5. The van der Waals surface area contributed by atoms with E-state index in [1.807, 2.05) is 31.2 Å². The summed E-state index contributed by atoms with van der Waals surface area (Å²) < 4.78 is 5.13. The van der Waals surface area contributed by atoms with Crippen molar-refractivity contribution in [2.75, 3.05) is 0 Å². The van der Waals surface area contributed by atoms with Crippen LogP contribution < -0.4 is 5.32 Å². The van der Waals surface area contributed by atoms with Crippen LogP contribution in [0.25, 0.3) is 11.4 Å². The van der Waals surface area contributed by atoms with Crippen molar-refractivity contribution >= 4 is 23.2 Å². The van der Waals surface area contributed by atoms with E-state index in [1.54, 1.807) is 0 Å². The molecule has 1 aromatic heterocycles. The van der Waals surface area contributed by atoms with E-state index < -0.39 is 10.8 Å². The van der Waals surface area contributed by atoms with Crippen molar-refractivity contribution in [2.24, 2.45) is 0 Å². The molecule has 0 fully saturated rings. The Bertz CT molecular complexity index is 986. The summed E-state index contributed by atoms with van der Waals surface area (Å²) in [7, 11) is 0. The van der Waals surface area contributed by atoms with Crippen molar-refractivity contribution in [1.29, 1.82) is 0 Å². The Balaban J connectivity index is 1.68. The molecule has 0 aliphatic heterocycles. The number of nitro benzene ring substituents is 1. The number of aromatic nitrogens is 2. The molecule has 1 N–H and O–H groups in total. The van der Waals surface area contributed by atoms with E-state index in [9.17, 15) is 14.9 Å². The van der Waals surface area contributed by atoms with E-state index in [2.05, 4.69) is 15.5 Å². The van der Waals surface area contributed by atoms with Crippen LogP contribution >= 0.6 is 11.6 Å². The minimum absolute atomic E-state index is 0.00493. The molecule has 1 amide bonds. The fraction of sp³-hybridized carbons (Fsp3) is 0.118. The highest BCUT2D eigenvalue weighted by Gasteiger charge is 2.16. The number of amides is 1. The number of nitro groups is 1. The van der Waals surface area contributed by atoms with Gasteiger partial charge in [-0.2, -0.15) is 4.98 Å². The molecule has 9 heteroatoms. The third kappa shape index (κ3) is 3.86. The minimum Gasteiger partial charge on any atom is -0.343 e. The zero-order chi connectivity index (χ0) is 18.7. The summed E-state index contributed by atoms with van der Waals surface area (Å²) in [5.41, 5.74) is 1.81. The van der Waals surface area contributed by atoms with Crippen LogP contribution in [-0.4, -0.2) is 21.0 Å². The van der Waals surface area contributed by atoms with E-state index in [4.69, 9.17) is 16.1 Å². The van der Waals surface area contributed by atoms with Gasteiger partial charge in [0.2, 0.25) is 11.7 Å². The minimum atomic E-state index is -0.584. The lowest BCUT2D eigenvalue weighted by Gasteiger charge is -2.04. The molecule has 0 aliphatic rings. The maximum absolute atomic E-state index is 12.2. The van der Waals surface area contributed by atoms with Gasteiger partial charge in [-0.3, -0.25) is 14.9 Å². The van der Waals surface area contributed by atoms with Crippen LogP contribution in [0.4, 0.5) is 5.69 Å². The van der Waals surface area contributed by atoms with Gasteiger partial charge in [-0.25, -0.2) is 0 Å². The molecule has 0 radical (unpaired) electrons. The summed E-state index contributed by atoms with van der Waals surface area (Å²) >= 11 is 5.93. The maximum atomic E-state index is 12.2. The molecule has 0 bridgehead atoms. The van der Waals surface area contributed by atoms with E-state index in [0.717, 1.165) is 17.2 Å². The number of nitrogens with one attached hydrogen (secondary N) is 1. The highest BCUT2D eigenvalue weighted by Crippen LogP contribution is 2.22. The molecule has 0 unspecified atom stereocenters. The first kappa shape index (κ1) is 17.6. The molecule has 1 heterocycles. The number of rotatable bonds is 5. The van der Waals surface area contributed by atoms with Crippen LogP contribution in [0.5, 0.6) is 0 Å². The lowest BCUT2D eigenvalue weighted by molar-refractivity contribution is -0.384. The molecule has 0 saturated carbocycles. The smallest absolute Gasteiger partial charge is 0.270 e. The summed E-state index contributed by atoms with van der Waals surface area (Å²) in [6.07, 6.45) is 0. The molecule has 0 atom stereocenters. The van der Waals surface area contributed by atoms with Crippen LogP contribution in [0, 0.1) is 17.0 Å². The Morgan fingerprint density at radius 1 is 1.31 bits per heavy atom. The Labute approximate surface area is 152 Å². The Hall–Kier alpha value is -3.26. The first-order chi connectivity index (χ1) is 12.4. The predicted octanol–water partition coefficient (Wildman–Crippen LogP) is 3.54. The average Bonchev–Trinajstić information content (AvgIpc) is 3.08. The number of aryl methyl sites for hydroxylation is 1. The third-order valence-electron chi connectivity index (χ3n) is 3.55. The van der Waals surface area contributed by atoms with E-state index in [1.165, 1.54) is 12.1 Å². The second-order valence-corrected chi connectivity index (χ2v) is 5.89. The Morgan fingerprint density at radius 3 is 2.81 bits per heavy atom. The van der Waals surface area contributed by atoms with Gasteiger partial charge in [0.25, 0.3) is 11.6 Å². The fourth-order valence-electron chi connectivity index (χ4n) is 2.28. The number of hydrogen-bond donors (Lipinski definition) is 1. The first-order valence-corrected chi connectivity index (χ1v) is 7.93. The van der Waals surface area contributed by atoms with Crippen molar-refractivity contribution < 1.29 is 14.2 Å². The zero-order valence-electron chi connectivity index (χ0n) is 13.6. The molecule has 3 rings (SSSR count). The molecule has 132 valence electrons. The Kier molecular flexibility index (Phi) is 4.94. The van der Waals surface area contributed by atoms with Gasteiger partial charge in [-0.05, 0) is 19.1 Å². The largest absolute Gasteiger partial charge is 0.343 e. The van der Waals surface area contributed by atoms with Crippen LogP contribution in [0.3, 0.4) is 0 Å². The number of nitrogens with zero attached hydrogens (tertiary/aromatic N) is 3. The topological polar surface area (TPSA) is 111 Å². The molecule has 0 spiro atoms. The lowest BCUT2D eigenvalue weighted by atomic mass is 10.1. The SMILES string of the molecule is Cc1cccc(-c2noc(CNC(=O)c3ccc([N+](=O)[O-])cc3Cl)n2)c1. The van der Waals surface area contributed by atoms with Gasteiger partial charge in [0.15, 0.2) is 0 Å². The van der Waals surface area contributed by atoms with Crippen molar-refractivity contribution in [3.05, 3.63) is 74.6 Å². The van der Waals surface area contributed by atoms with Gasteiger partial charge in [0, 0.05) is 17.7 Å². The zero-order valence-corrected chi connectivity index (χ0v) is 14.4. The van der Waals surface area contributed by atoms with E-state index in [-0.39, 0.29) is 28.7 Å². The molecule has 2 aromatic carbocycles. The van der Waals surface area contributed by atoms with Gasteiger partial charge in [-0.15, -0.1) is 0 Å². The number of carbonyl (C=O) groups excluding carboxylic acids is 1.